The Morgan fingerprint density at radius 1 is 0.781 bits per heavy atom. The van der Waals surface area contributed by atoms with E-state index in [0.29, 0.717) is 12.3 Å². The summed E-state index contributed by atoms with van der Waals surface area (Å²) in [6.07, 6.45) is 25.1. The van der Waals surface area contributed by atoms with Crippen molar-refractivity contribution in [1.29, 1.82) is 0 Å². The molecule has 0 bridgehead atoms. The van der Waals surface area contributed by atoms with E-state index in [4.69, 9.17) is 0 Å². The van der Waals surface area contributed by atoms with Crippen LogP contribution in [0.15, 0.2) is 4.99 Å². The third-order valence-electron chi connectivity index (χ3n) is 7.03. The van der Waals surface area contributed by atoms with Gasteiger partial charge in [0.2, 0.25) is 11.8 Å². The van der Waals surface area contributed by atoms with E-state index in [1.54, 1.807) is 7.05 Å². The van der Waals surface area contributed by atoms with Gasteiger partial charge < -0.3 is 10.6 Å². The van der Waals surface area contributed by atoms with Gasteiger partial charge in [-0.05, 0) is 38.9 Å². The fourth-order valence-corrected chi connectivity index (χ4v) is 4.81. The second-order valence-corrected chi connectivity index (χ2v) is 9.78. The minimum atomic E-state index is -0.344. The number of nitrogens with zero attached hydrogens (tertiary/aromatic N) is 1. The molecule has 1 rings (SSSR count). The quantitative estimate of drug-likeness (QED) is 0.445. The molecule has 0 heterocycles. The third kappa shape index (κ3) is 15.6. The van der Waals surface area contributed by atoms with Crippen LogP contribution in [0.25, 0.3) is 0 Å². The summed E-state index contributed by atoms with van der Waals surface area (Å²) in [6, 6.07) is -0.344. The molecule has 5 heteroatoms. The van der Waals surface area contributed by atoms with E-state index in [-0.39, 0.29) is 24.3 Å². The molecule has 2 amide bonds. The lowest BCUT2D eigenvalue weighted by atomic mass is 9.93. The molecule has 5 nitrogen and oxygen atoms in total. The largest absolute Gasteiger partial charge is 0.354 e. The average molecular weight is 450 g/mol. The Balaban J connectivity index is 2.42. The van der Waals surface area contributed by atoms with Crippen LogP contribution >= 0.6 is 0 Å². The molecule has 1 unspecified atom stereocenters. The number of amides is 2. The van der Waals surface area contributed by atoms with E-state index in [1.807, 2.05) is 0 Å². The Morgan fingerprint density at radius 3 is 1.56 bits per heavy atom. The van der Waals surface area contributed by atoms with Gasteiger partial charge in [-0.15, -0.1) is 0 Å². The minimum Gasteiger partial charge on any atom is -0.354 e. The van der Waals surface area contributed by atoms with Crippen LogP contribution in [-0.4, -0.2) is 38.2 Å². The van der Waals surface area contributed by atoms with E-state index >= 15 is 0 Å². The first-order chi connectivity index (χ1) is 15.7. The van der Waals surface area contributed by atoms with Gasteiger partial charge in [0.25, 0.3) is 0 Å². The maximum atomic E-state index is 12.6. The van der Waals surface area contributed by atoms with Crippen molar-refractivity contribution >= 4 is 18.5 Å². The predicted octanol–water partition coefficient (Wildman–Crippen LogP) is 6.35. The maximum Gasteiger partial charge on any atom is 0.245 e. The Bertz CT molecular complexity index is 475. The molecule has 0 aromatic rings. The number of nitrogens with one attached hydrogen (secondary N) is 2. The molecule has 1 aliphatic carbocycles. The second-order valence-electron chi connectivity index (χ2n) is 9.78. The smallest absolute Gasteiger partial charge is 0.245 e. The molecule has 1 aliphatic rings. The SMILES string of the molecule is C=NC(=O)CCC(NC)C(=O)NCC1CCCCCCCCCCCCCCCCCC1. The number of carbonyl (C=O) groups is 2. The molecular formula is C27H51N3O2. The first kappa shape index (κ1) is 28.8. The second kappa shape index (κ2) is 20.4. The maximum absolute atomic E-state index is 12.6. The lowest BCUT2D eigenvalue weighted by Gasteiger charge is -2.20. The lowest BCUT2D eigenvalue weighted by Crippen LogP contribution is -2.44. The molecule has 0 spiro atoms. The number of hydrogen-bond donors (Lipinski definition) is 2. The topological polar surface area (TPSA) is 70.6 Å². The summed E-state index contributed by atoms with van der Waals surface area (Å²) >= 11 is 0. The van der Waals surface area contributed by atoms with E-state index in [0.717, 1.165) is 6.54 Å². The highest BCUT2D eigenvalue weighted by atomic mass is 16.2. The number of likely N-dealkylation sites (N-methyl/N-ethyl adjacent to an activating group) is 1. The number of carbonyl (C=O) groups excluding carboxylic acids is 2. The summed E-state index contributed by atoms with van der Waals surface area (Å²) in [5.74, 6) is 0.312. The summed E-state index contributed by atoms with van der Waals surface area (Å²) in [7, 11) is 1.77. The van der Waals surface area contributed by atoms with Gasteiger partial charge in [0.15, 0.2) is 0 Å². The molecule has 0 aromatic heterocycles. The van der Waals surface area contributed by atoms with Crippen molar-refractivity contribution in [2.24, 2.45) is 10.9 Å². The Morgan fingerprint density at radius 2 is 1.19 bits per heavy atom. The van der Waals surface area contributed by atoms with E-state index < -0.39 is 0 Å². The zero-order chi connectivity index (χ0) is 23.3. The highest BCUT2D eigenvalue weighted by Crippen LogP contribution is 2.20. The number of aliphatic imine (C=N–C) groups is 1. The van der Waals surface area contributed by atoms with Gasteiger partial charge in [0.05, 0.1) is 6.04 Å². The van der Waals surface area contributed by atoms with Crippen LogP contribution in [0.4, 0.5) is 0 Å². The molecule has 0 saturated heterocycles. The summed E-state index contributed by atoms with van der Waals surface area (Å²) in [4.78, 5) is 27.4. The van der Waals surface area contributed by atoms with E-state index in [1.165, 1.54) is 116 Å². The van der Waals surface area contributed by atoms with Gasteiger partial charge in [0, 0.05) is 13.0 Å². The van der Waals surface area contributed by atoms with Crippen LogP contribution in [0.1, 0.15) is 128 Å². The van der Waals surface area contributed by atoms with Crippen LogP contribution in [0, 0.1) is 5.92 Å². The lowest BCUT2D eigenvalue weighted by molar-refractivity contribution is -0.123. The normalized spacial score (nSPS) is 20.3. The van der Waals surface area contributed by atoms with Crippen molar-refractivity contribution in [2.45, 2.75) is 134 Å². The minimum absolute atomic E-state index is 0.000107. The molecule has 1 saturated carbocycles. The Labute approximate surface area is 198 Å². The number of hydrogen-bond acceptors (Lipinski definition) is 3. The highest BCUT2D eigenvalue weighted by molar-refractivity contribution is 5.84. The zero-order valence-electron chi connectivity index (χ0n) is 21.0. The zero-order valence-corrected chi connectivity index (χ0v) is 21.0. The van der Waals surface area contributed by atoms with E-state index in [9.17, 15) is 9.59 Å². The molecular weight excluding hydrogens is 398 g/mol. The molecule has 1 atom stereocenters. The first-order valence-corrected chi connectivity index (χ1v) is 13.6. The van der Waals surface area contributed by atoms with Gasteiger partial charge in [-0.3, -0.25) is 9.59 Å². The van der Waals surface area contributed by atoms with Crippen molar-refractivity contribution in [1.82, 2.24) is 10.6 Å². The summed E-state index contributed by atoms with van der Waals surface area (Å²) in [5, 5.41) is 6.20. The predicted molar refractivity (Wildman–Crippen MR) is 136 cm³/mol. The van der Waals surface area contributed by atoms with Crippen molar-refractivity contribution in [2.75, 3.05) is 13.6 Å². The van der Waals surface area contributed by atoms with Gasteiger partial charge >= 0.3 is 0 Å². The number of rotatable bonds is 7. The van der Waals surface area contributed by atoms with Crippen LogP contribution in [-0.2, 0) is 9.59 Å². The fourth-order valence-electron chi connectivity index (χ4n) is 4.81. The molecule has 32 heavy (non-hydrogen) atoms. The van der Waals surface area contributed by atoms with Gasteiger partial charge in [0.1, 0.15) is 0 Å². The van der Waals surface area contributed by atoms with Crippen LogP contribution < -0.4 is 10.6 Å². The molecule has 0 aliphatic heterocycles. The van der Waals surface area contributed by atoms with Crippen molar-refractivity contribution < 1.29 is 9.59 Å². The van der Waals surface area contributed by atoms with Crippen molar-refractivity contribution in [3.63, 3.8) is 0 Å². The molecule has 2 N–H and O–H groups in total. The van der Waals surface area contributed by atoms with Crippen molar-refractivity contribution in [3.8, 4) is 0 Å². The molecule has 0 aromatic carbocycles. The van der Waals surface area contributed by atoms with Crippen LogP contribution in [0.3, 0.4) is 0 Å². The molecule has 1 fully saturated rings. The van der Waals surface area contributed by atoms with Crippen LogP contribution in [0.2, 0.25) is 0 Å². The standard InChI is InChI=1S/C27H51N3O2/c1-28-25(21-22-26(31)29-2)27(32)30-23-24-19-17-15-13-11-9-7-5-3-4-6-8-10-12-14-16-18-20-24/h24-25,28H,2-23H2,1H3,(H,30,32). The van der Waals surface area contributed by atoms with Gasteiger partial charge in [-0.25, -0.2) is 4.99 Å². The monoisotopic (exact) mass is 449 g/mol. The fraction of sp³-hybridized carbons (Fsp3) is 0.889. The van der Waals surface area contributed by atoms with E-state index in [2.05, 4.69) is 22.3 Å². The Hall–Kier alpha value is -1.23. The van der Waals surface area contributed by atoms with Gasteiger partial charge in [-0.2, -0.15) is 0 Å². The summed E-state index contributed by atoms with van der Waals surface area (Å²) in [5.41, 5.74) is 0. The summed E-state index contributed by atoms with van der Waals surface area (Å²) < 4.78 is 0. The van der Waals surface area contributed by atoms with Crippen LogP contribution in [0.5, 0.6) is 0 Å². The first-order valence-electron chi connectivity index (χ1n) is 13.6. The highest BCUT2D eigenvalue weighted by Gasteiger charge is 2.19. The van der Waals surface area contributed by atoms with Crippen molar-refractivity contribution in [3.05, 3.63) is 0 Å². The molecule has 0 radical (unpaired) electrons. The third-order valence-corrected chi connectivity index (χ3v) is 7.03. The Kier molecular flexibility index (Phi) is 18.3. The average Bonchev–Trinajstić information content (AvgIpc) is 2.80. The molecule has 186 valence electrons. The van der Waals surface area contributed by atoms with Gasteiger partial charge in [-0.1, -0.05) is 103 Å². The summed E-state index contributed by atoms with van der Waals surface area (Å²) in [6.45, 7) is 4.02.